The minimum atomic E-state index is -1.82. The summed E-state index contributed by atoms with van der Waals surface area (Å²) in [6.45, 7) is 17.4. The van der Waals surface area contributed by atoms with Crippen molar-refractivity contribution in [2.24, 2.45) is 0 Å². The molecule has 3 heteroatoms. The molecular formula is C18H30O2Si. The van der Waals surface area contributed by atoms with Crippen molar-refractivity contribution in [2.75, 3.05) is 0 Å². The predicted molar refractivity (Wildman–Crippen MR) is 93.3 cm³/mol. The second-order valence-electron chi connectivity index (χ2n) is 7.55. The Balaban J connectivity index is 2.76. The van der Waals surface area contributed by atoms with Gasteiger partial charge in [0.2, 0.25) is 0 Å². The minimum absolute atomic E-state index is 0.190. The standard InChI is InChI=1S/C18H30O2Si/c1-8-18(5,20-21(6,7)17(2,3)4)14-13-15-9-11-16(19)12-10-15/h8-12,19H,1,13-14H2,2-7H3. The van der Waals surface area contributed by atoms with Gasteiger partial charge < -0.3 is 9.53 Å². The molecule has 2 nitrogen and oxygen atoms in total. The van der Waals surface area contributed by atoms with Crippen LogP contribution in [0.3, 0.4) is 0 Å². The molecule has 0 fully saturated rings. The highest BCUT2D eigenvalue weighted by molar-refractivity contribution is 6.74. The number of aryl methyl sites for hydroxylation is 1. The van der Waals surface area contributed by atoms with Crippen LogP contribution in [0.2, 0.25) is 18.1 Å². The lowest BCUT2D eigenvalue weighted by atomic mass is 9.97. The summed E-state index contributed by atoms with van der Waals surface area (Å²) in [6.07, 6.45) is 3.75. The predicted octanol–water partition coefficient (Wildman–Crippen LogP) is 5.29. The summed E-state index contributed by atoms with van der Waals surface area (Å²) in [5.74, 6) is 0.308. The number of rotatable bonds is 6. The van der Waals surface area contributed by atoms with Crippen molar-refractivity contribution >= 4 is 8.32 Å². The van der Waals surface area contributed by atoms with E-state index in [2.05, 4.69) is 47.4 Å². The van der Waals surface area contributed by atoms with Crippen LogP contribution in [0.4, 0.5) is 0 Å². The average Bonchev–Trinajstić information content (AvgIpc) is 2.36. The molecule has 1 atom stereocenters. The highest BCUT2D eigenvalue weighted by Gasteiger charge is 2.41. The molecule has 0 aliphatic heterocycles. The van der Waals surface area contributed by atoms with E-state index in [0.717, 1.165) is 12.8 Å². The maximum absolute atomic E-state index is 9.34. The summed E-state index contributed by atoms with van der Waals surface area (Å²) in [5.41, 5.74) is 0.903. The van der Waals surface area contributed by atoms with Gasteiger partial charge in [-0.25, -0.2) is 0 Å². The molecule has 0 saturated carbocycles. The summed E-state index contributed by atoms with van der Waals surface area (Å²) in [6, 6.07) is 7.39. The molecule has 118 valence electrons. The van der Waals surface area contributed by atoms with Gasteiger partial charge in [-0.1, -0.05) is 39.0 Å². The first-order valence-corrected chi connectivity index (χ1v) is 10.5. The maximum Gasteiger partial charge on any atom is 0.193 e. The molecule has 1 rings (SSSR count). The van der Waals surface area contributed by atoms with Crippen molar-refractivity contribution in [1.82, 2.24) is 0 Å². The van der Waals surface area contributed by atoms with E-state index in [1.807, 2.05) is 18.2 Å². The normalized spacial score (nSPS) is 15.5. The van der Waals surface area contributed by atoms with E-state index in [4.69, 9.17) is 4.43 Å². The molecule has 0 saturated heterocycles. The first-order chi connectivity index (χ1) is 9.49. The number of hydrogen-bond donors (Lipinski definition) is 1. The third kappa shape index (κ3) is 5.01. The summed E-state index contributed by atoms with van der Waals surface area (Å²) >= 11 is 0. The molecule has 1 N–H and O–H groups in total. The molecule has 0 aliphatic rings. The first kappa shape index (κ1) is 18.0. The SMILES string of the molecule is C=CC(C)(CCc1ccc(O)cc1)O[Si](C)(C)C(C)(C)C. The van der Waals surface area contributed by atoms with Crippen LogP contribution in [0.25, 0.3) is 0 Å². The Morgan fingerprint density at radius 2 is 1.67 bits per heavy atom. The molecule has 1 unspecified atom stereocenters. The number of hydrogen-bond acceptors (Lipinski definition) is 2. The zero-order valence-corrected chi connectivity index (χ0v) is 15.4. The monoisotopic (exact) mass is 306 g/mol. The Bertz CT molecular complexity index is 471. The summed E-state index contributed by atoms with van der Waals surface area (Å²) in [4.78, 5) is 0. The van der Waals surface area contributed by atoms with Crippen molar-refractivity contribution in [3.05, 3.63) is 42.5 Å². The highest BCUT2D eigenvalue weighted by atomic mass is 28.4. The lowest BCUT2D eigenvalue weighted by molar-refractivity contribution is 0.112. The van der Waals surface area contributed by atoms with Gasteiger partial charge >= 0.3 is 0 Å². The van der Waals surface area contributed by atoms with Crippen LogP contribution in [0.5, 0.6) is 5.75 Å². The lowest BCUT2D eigenvalue weighted by Crippen LogP contribution is -2.48. The van der Waals surface area contributed by atoms with E-state index in [9.17, 15) is 5.11 Å². The van der Waals surface area contributed by atoms with Gasteiger partial charge in [-0.15, -0.1) is 6.58 Å². The fourth-order valence-corrected chi connectivity index (χ4v) is 3.64. The minimum Gasteiger partial charge on any atom is -0.508 e. The highest BCUT2D eigenvalue weighted by Crippen LogP contribution is 2.40. The third-order valence-electron chi connectivity index (χ3n) is 4.57. The van der Waals surface area contributed by atoms with Crippen LogP contribution in [0.1, 0.15) is 39.7 Å². The van der Waals surface area contributed by atoms with Crippen molar-refractivity contribution in [3.63, 3.8) is 0 Å². The van der Waals surface area contributed by atoms with Gasteiger partial charge in [-0.2, -0.15) is 0 Å². The Morgan fingerprint density at radius 3 is 2.10 bits per heavy atom. The van der Waals surface area contributed by atoms with Crippen LogP contribution in [0.15, 0.2) is 36.9 Å². The Labute approximate surface area is 131 Å². The molecule has 21 heavy (non-hydrogen) atoms. The maximum atomic E-state index is 9.34. The van der Waals surface area contributed by atoms with E-state index in [1.165, 1.54) is 5.56 Å². The van der Waals surface area contributed by atoms with Crippen molar-refractivity contribution < 1.29 is 9.53 Å². The van der Waals surface area contributed by atoms with E-state index in [0.29, 0.717) is 5.75 Å². The third-order valence-corrected chi connectivity index (χ3v) is 9.16. The van der Waals surface area contributed by atoms with Crippen molar-refractivity contribution in [1.29, 1.82) is 0 Å². The zero-order chi connectivity index (χ0) is 16.3. The lowest BCUT2D eigenvalue weighted by Gasteiger charge is -2.43. The van der Waals surface area contributed by atoms with E-state index >= 15 is 0 Å². The smallest absolute Gasteiger partial charge is 0.193 e. The molecule has 1 aromatic rings. The summed E-state index contributed by atoms with van der Waals surface area (Å²) in [7, 11) is -1.82. The van der Waals surface area contributed by atoms with Crippen LogP contribution >= 0.6 is 0 Å². The second-order valence-corrected chi connectivity index (χ2v) is 12.3. The largest absolute Gasteiger partial charge is 0.508 e. The molecule has 1 aromatic carbocycles. The number of aromatic hydroxyl groups is 1. The zero-order valence-electron chi connectivity index (χ0n) is 14.4. The van der Waals surface area contributed by atoms with Gasteiger partial charge in [-0.05, 0) is 55.6 Å². The fourth-order valence-electron chi connectivity index (χ4n) is 1.99. The van der Waals surface area contributed by atoms with E-state index < -0.39 is 8.32 Å². The summed E-state index contributed by atoms with van der Waals surface area (Å²) in [5, 5.41) is 9.53. The van der Waals surface area contributed by atoms with Gasteiger partial charge in [0.15, 0.2) is 8.32 Å². The Kier molecular flexibility index (Phi) is 5.45. The van der Waals surface area contributed by atoms with Gasteiger partial charge in [0.25, 0.3) is 0 Å². The van der Waals surface area contributed by atoms with Crippen molar-refractivity contribution in [2.45, 2.75) is 64.3 Å². The van der Waals surface area contributed by atoms with E-state index in [-0.39, 0.29) is 10.6 Å². The Morgan fingerprint density at radius 1 is 1.14 bits per heavy atom. The molecule has 0 heterocycles. The van der Waals surface area contributed by atoms with Gasteiger partial charge in [0.05, 0.1) is 5.60 Å². The van der Waals surface area contributed by atoms with Crippen LogP contribution in [-0.4, -0.2) is 19.0 Å². The topological polar surface area (TPSA) is 29.5 Å². The molecule has 0 radical (unpaired) electrons. The van der Waals surface area contributed by atoms with Gasteiger partial charge in [-0.3, -0.25) is 0 Å². The fraction of sp³-hybridized carbons (Fsp3) is 0.556. The van der Waals surface area contributed by atoms with Crippen molar-refractivity contribution in [3.8, 4) is 5.75 Å². The second kappa shape index (κ2) is 6.37. The number of phenolic OH excluding ortho intramolecular Hbond substituents is 1. The molecule has 0 amide bonds. The first-order valence-electron chi connectivity index (χ1n) is 7.61. The number of benzene rings is 1. The molecule has 0 spiro atoms. The van der Waals surface area contributed by atoms with E-state index in [1.54, 1.807) is 12.1 Å². The van der Waals surface area contributed by atoms with Gasteiger partial charge in [0, 0.05) is 0 Å². The average molecular weight is 307 g/mol. The van der Waals surface area contributed by atoms with Gasteiger partial charge in [0.1, 0.15) is 5.75 Å². The molecule has 0 aliphatic carbocycles. The molecular weight excluding hydrogens is 276 g/mol. The quantitative estimate of drug-likeness (QED) is 0.571. The molecule has 0 bridgehead atoms. The van der Waals surface area contributed by atoms with Crippen LogP contribution in [-0.2, 0) is 10.8 Å². The number of phenols is 1. The Hall–Kier alpha value is -1.06. The van der Waals surface area contributed by atoms with Crippen LogP contribution < -0.4 is 0 Å². The van der Waals surface area contributed by atoms with Crippen LogP contribution in [0, 0.1) is 0 Å². The molecule has 0 aromatic heterocycles. The summed E-state index contributed by atoms with van der Waals surface area (Å²) < 4.78 is 6.56.